The van der Waals surface area contributed by atoms with E-state index in [4.69, 9.17) is 9.90 Å². The van der Waals surface area contributed by atoms with Crippen molar-refractivity contribution in [1.82, 2.24) is 0 Å². The molecule has 0 aliphatic carbocycles. The summed E-state index contributed by atoms with van der Waals surface area (Å²) >= 11 is 0. The van der Waals surface area contributed by atoms with Crippen LogP contribution in [0.4, 0.5) is 0 Å². The summed E-state index contributed by atoms with van der Waals surface area (Å²) < 4.78 is 0. The molecule has 0 spiro atoms. The van der Waals surface area contributed by atoms with Gasteiger partial charge in [-0.3, -0.25) is 4.79 Å². The zero-order valence-electron chi connectivity index (χ0n) is 15.4. The van der Waals surface area contributed by atoms with Crippen LogP contribution in [0.5, 0.6) is 0 Å². The van der Waals surface area contributed by atoms with Gasteiger partial charge in [0.1, 0.15) is 28.5 Å². The van der Waals surface area contributed by atoms with Crippen LogP contribution in [0.25, 0.3) is 0 Å². The summed E-state index contributed by atoms with van der Waals surface area (Å²) in [7, 11) is -1.91. The van der Waals surface area contributed by atoms with Crippen LogP contribution in [0.3, 0.4) is 0 Å². The Hall–Kier alpha value is -3.22. The number of rotatable bonds is 4. The van der Waals surface area contributed by atoms with Crippen molar-refractivity contribution in [1.29, 1.82) is 0 Å². The molecule has 0 fully saturated rings. The second-order valence-corrected chi connectivity index (χ2v) is 9.53. The third-order valence-corrected chi connectivity index (χ3v) is 8.86. The Balaban J connectivity index is 0.000000706. The normalized spacial score (nSPS) is 10.4. The van der Waals surface area contributed by atoms with E-state index in [0.29, 0.717) is 0 Å². The second kappa shape index (κ2) is 9.64. The molecule has 4 rings (SSSR count). The first kappa shape index (κ1) is 19.5. The number of hydrogen-bond acceptors (Lipinski definition) is 1. The van der Waals surface area contributed by atoms with Crippen LogP contribution >= 0.6 is 7.26 Å². The quantitative estimate of drug-likeness (QED) is 0.426. The van der Waals surface area contributed by atoms with Crippen molar-refractivity contribution >= 4 is 35.0 Å². The van der Waals surface area contributed by atoms with Crippen LogP contribution in [0, 0.1) is 0 Å². The van der Waals surface area contributed by atoms with E-state index >= 15 is 0 Å². The van der Waals surface area contributed by atoms with Crippen LogP contribution in [-0.4, -0.2) is 11.6 Å². The van der Waals surface area contributed by atoms with Crippen molar-refractivity contribution in [2.45, 2.75) is 0 Å². The Labute approximate surface area is 166 Å². The molecule has 0 unspecified atom stereocenters. The first-order valence-electron chi connectivity index (χ1n) is 9.03. The van der Waals surface area contributed by atoms with E-state index in [0.717, 1.165) is 0 Å². The molecule has 0 amide bonds. The SMILES string of the molecule is O=CO.c1ccc([P+](c2ccccc2)(c2ccccc2)c2ccccc2)cc1. The van der Waals surface area contributed by atoms with Gasteiger partial charge in [-0.15, -0.1) is 0 Å². The summed E-state index contributed by atoms with van der Waals surface area (Å²) in [5.41, 5.74) is 0. The van der Waals surface area contributed by atoms with Crippen molar-refractivity contribution in [2.75, 3.05) is 0 Å². The first-order valence-corrected chi connectivity index (χ1v) is 10.8. The molecule has 4 aromatic rings. The zero-order chi connectivity index (χ0) is 19.7. The molecular formula is C25H22O2P+. The van der Waals surface area contributed by atoms with Crippen molar-refractivity contribution in [3.63, 3.8) is 0 Å². The average molecular weight is 385 g/mol. The number of hydrogen-bond donors (Lipinski definition) is 1. The van der Waals surface area contributed by atoms with Gasteiger partial charge >= 0.3 is 0 Å². The summed E-state index contributed by atoms with van der Waals surface area (Å²) in [6, 6.07) is 43.8. The van der Waals surface area contributed by atoms with Gasteiger partial charge in [0, 0.05) is 0 Å². The Morgan fingerprint density at radius 3 is 0.821 bits per heavy atom. The summed E-state index contributed by atoms with van der Waals surface area (Å²) in [6.07, 6.45) is 0. The monoisotopic (exact) mass is 385 g/mol. The largest absolute Gasteiger partial charge is 0.483 e. The summed E-state index contributed by atoms with van der Waals surface area (Å²) in [5.74, 6) is 0. The van der Waals surface area contributed by atoms with Gasteiger partial charge in [0.15, 0.2) is 0 Å². The molecule has 0 aliphatic heterocycles. The minimum atomic E-state index is -1.91. The fraction of sp³-hybridized carbons (Fsp3) is 0. The first-order chi connectivity index (χ1) is 13.8. The lowest BCUT2D eigenvalue weighted by atomic mass is 10.3. The highest BCUT2D eigenvalue weighted by atomic mass is 31.2. The van der Waals surface area contributed by atoms with E-state index in [9.17, 15) is 0 Å². The van der Waals surface area contributed by atoms with Crippen LogP contribution in [0.15, 0.2) is 121 Å². The Morgan fingerprint density at radius 1 is 0.464 bits per heavy atom. The van der Waals surface area contributed by atoms with E-state index in [1.54, 1.807) is 0 Å². The van der Waals surface area contributed by atoms with Crippen LogP contribution in [0.2, 0.25) is 0 Å². The summed E-state index contributed by atoms with van der Waals surface area (Å²) in [5, 5.41) is 12.4. The minimum Gasteiger partial charge on any atom is -0.483 e. The average Bonchev–Trinajstić information content (AvgIpc) is 2.78. The molecule has 0 radical (unpaired) electrons. The molecule has 0 saturated heterocycles. The van der Waals surface area contributed by atoms with Gasteiger partial charge in [-0.25, -0.2) is 0 Å². The Bertz CT molecular complexity index is 808. The molecule has 2 nitrogen and oxygen atoms in total. The third-order valence-electron chi connectivity index (χ3n) is 4.57. The topological polar surface area (TPSA) is 37.3 Å². The molecular weight excluding hydrogens is 363 g/mol. The molecule has 0 heterocycles. The van der Waals surface area contributed by atoms with Crippen molar-refractivity contribution in [3.8, 4) is 0 Å². The predicted molar refractivity (Wildman–Crippen MR) is 120 cm³/mol. The number of carbonyl (C=O) groups is 1. The molecule has 1 N–H and O–H groups in total. The van der Waals surface area contributed by atoms with Crippen molar-refractivity contribution in [3.05, 3.63) is 121 Å². The highest BCUT2D eigenvalue weighted by Crippen LogP contribution is 2.53. The van der Waals surface area contributed by atoms with Crippen LogP contribution in [-0.2, 0) is 4.79 Å². The molecule has 138 valence electrons. The molecule has 0 atom stereocenters. The fourth-order valence-corrected chi connectivity index (χ4v) is 7.77. The lowest BCUT2D eigenvalue weighted by Gasteiger charge is -2.27. The highest BCUT2D eigenvalue weighted by Gasteiger charge is 2.47. The smallest absolute Gasteiger partial charge is 0.290 e. The molecule has 0 saturated carbocycles. The Morgan fingerprint density at radius 2 is 0.643 bits per heavy atom. The molecule has 4 aromatic carbocycles. The van der Waals surface area contributed by atoms with Gasteiger partial charge in [-0.2, -0.15) is 0 Å². The van der Waals surface area contributed by atoms with Crippen molar-refractivity contribution < 1.29 is 9.90 Å². The Kier molecular flexibility index (Phi) is 6.73. The summed E-state index contributed by atoms with van der Waals surface area (Å²) in [4.78, 5) is 8.36. The van der Waals surface area contributed by atoms with Crippen molar-refractivity contribution in [2.24, 2.45) is 0 Å². The van der Waals surface area contributed by atoms with E-state index in [-0.39, 0.29) is 6.47 Å². The maximum Gasteiger partial charge on any atom is 0.290 e. The number of carboxylic acid groups (broad SMARTS) is 1. The highest BCUT2D eigenvalue weighted by molar-refractivity contribution is 8.01. The maximum absolute atomic E-state index is 8.36. The van der Waals surface area contributed by atoms with Gasteiger partial charge in [-0.1, -0.05) is 72.8 Å². The molecule has 0 bridgehead atoms. The fourth-order valence-electron chi connectivity index (χ4n) is 3.50. The van der Waals surface area contributed by atoms with E-state index in [2.05, 4.69) is 121 Å². The lowest BCUT2D eigenvalue weighted by molar-refractivity contribution is -0.122. The van der Waals surface area contributed by atoms with Gasteiger partial charge in [0.05, 0.1) is 0 Å². The maximum atomic E-state index is 8.36. The standard InChI is InChI=1S/C24H20P.CH2O2/c1-5-13-21(14-6-1)25(22-15-7-2-8-16-22,23-17-9-3-10-18-23)24-19-11-4-12-20-24;2-1-3/h1-20H;1H,(H,2,3)/q+1;. The predicted octanol–water partition coefficient (Wildman–Crippen LogP) is 4.01. The van der Waals surface area contributed by atoms with E-state index < -0.39 is 7.26 Å². The van der Waals surface area contributed by atoms with Gasteiger partial charge in [0.25, 0.3) is 6.47 Å². The summed E-state index contributed by atoms with van der Waals surface area (Å²) in [6.45, 7) is -0.250. The van der Waals surface area contributed by atoms with Crippen LogP contribution < -0.4 is 21.2 Å². The van der Waals surface area contributed by atoms with Gasteiger partial charge in [0.2, 0.25) is 0 Å². The second-order valence-electron chi connectivity index (χ2n) is 6.12. The van der Waals surface area contributed by atoms with Crippen LogP contribution in [0.1, 0.15) is 0 Å². The third kappa shape index (κ3) is 3.88. The lowest BCUT2D eigenvalue weighted by Crippen LogP contribution is -2.38. The molecule has 0 aliphatic rings. The molecule has 3 heteroatoms. The zero-order valence-corrected chi connectivity index (χ0v) is 16.3. The molecule has 0 aromatic heterocycles. The number of benzene rings is 4. The molecule has 28 heavy (non-hydrogen) atoms. The minimum absolute atomic E-state index is 0.250. The van der Waals surface area contributed by atoms with Gasteiger partial charge in [-0.05, 0) is 48.5 Å². The van der Waals surface area contributed by atoms with E-state index in [1.807, 2.05) is 0 Å². The van der Waals surface area contributed by atoms with Gasteiger partial charge < -0.3 is 5.11 Å². The van der Waals surface area contributed by atoms with E-state index in [1.165, 1.54) is 21.2 Å².